The van der Waals surface area contributed by atoms with Crippen LogP contribution in [-0.4, -0.2) is 16.8 Å². The fraction of sp³-hybridized carbons (Fsp3) is 0.0870. The molecule has 2 aromatic heterocycles. The summed E-state index contributed by atoms with van der Waals surface area (Å²) in [7, 11) is 0. The lowest BCUT2D eigenvalue weighted by molar-refractivity contribution is 0.0949. The van der Waals surface area contributed by atoms with Crippen molar-refractivity contribution in [1.82, 2.24) is 10.3 Å². The minimum absolute atomic E-state index is 0.200. The van der Waals surface area contributed by atoms with Gasteiger partial charge in [-0.25, -0.2) is 4.98 Å². The molecular formula is C23H19N3O4S. The van der Waals surface area contributed by atoms with Crippen LogP contribution in [0, 0.1) is 0 Å². The lowest BCUT2D eigenvalue weighted by Gasteiger charge is -2.09. The highest BCUT2D eigenvalue weighted by molar-refractivity contribution is 7.07. The van der Waals surface area contributed by atoms with Gasteiger partial charge in [0.2, 0.25) is 0 Å². The molecule has 2 heterocycles. The maximum absolute atomic E-state index is 12.5. The van der Waals surface area contributed by atoms with E-state index in [0.717, 1.165) is 11.3 Å². The third-order valence-corrected chi connectivity index (χ3v) is 5.01. The number of hydrogen-bond donors (Lipinski definition) is 2. The van der Waals surface area contributed by atoms with Crippen molar-refractivity contribution in [2.24, 2.45) is 0 Å². The molecule has 0 radical (unpaired) electrons. The SMILES string of the molecule is O=C(NCc1ccc(NC(=O)c2ccco2)cc1)c1cccc(OCc2cscn2)c1. The minimum Gasteiger partial charge on any atom is -0.487 e. The van der Waals surface area contributed by atoms with Crippen molar-refractivity contribution in [3.63, 3.8) is 0 Å². The minimum atomic E-state index is -0.317. The Morgan fingerprint density at radius 2 is 1.90 bits per heavy atom. The van der Waals surface area contributed by atoms with Gasteiger partial charge in [-0.1, -0.05) is 18.2 Å². The van der Waals surface area contributed by atoms with Gasteiger partial charge in [0.05, 0.1) is 17.5 Å². The maximum atomic E-state index is 12.5. The van der Waals surface area contributed by atoms with Crippen molar-refractivity contribution >= 4 is 28.8 Å². The monoisotopic (exact) mass is 433 g/mol. The number of ether oxygens (including phenoxy) is 1. The summed E-state index contributed by atoms with van der Waals surface area (Å²) in [6.07, 6.45) is 1.45. The molecule has 0 saturated carbocycles. The summed E-state index contributed by atoms with van der Waals surface area (Å²) in [5, 5.41) is 7.56. The van der Waals surface area contributed by atoms with Crippen LogP contribution in [-0.2, 0) is 13.2 Å². The number of carbonyl (C=O) groups excluding carboxylic acids is 2. The molecule has 7 nitrogen and oxygen atoms in total. The number of furan rings is 1. The summed E-state index contributed by atoms with van der Waals surface area (Å²) >= 11 is 1.51. The first-order chi connectivity index (χ1) is 15.2. The summed E-state index contributed by atoms with van der Waals surface area (Å²) in [5.41, 5.74) is 4.66. The Hall–Kier alpha value is -3.91. The highest BCUT2D eigenvalue weighted by atomic mass is 32.1. The summed E-state index contributed by atoms with van der Waals surface area (Å²) < 4.78 is 10.8. The zero-order valence-electron chi connectivity index (χ0n) is 16.4. The van der Waals surface area contributed by atoms with E-state index < -0.39 is 0 Å². The van der Waals surface area contributed by atoms with Crippen LogP contribution in [0.3, 0.4) is 0 Å². The first-order valence-corrected chi connectivity index (χ1v) is 10.4. The Bertz CT molecular complexity index is 1140. The molecule has 0 aliphatic carbocycles. The molecule has 0 unspecified atom stereocenters. The smallest absolute Gasteiger partial charge is 0.291 e. The number of anilines is 1. The van der Waals surface area contributed by atoms with Crippen LogP contribution in [0.15, 0.2) is 82.2 Å². The molecule has 8 heteroatoms. The average molecular weight is 433 g/mol. The maximum Gasteiger partial charge on any atom is 0.291 e. The molecule has 0 aliphatic rings. The van der Waals surface area contributed by atoms with E-state index in [4.69, 9.17) is 9.15 Å². The first kappa shape index (κ1) is 20.4. The normalized spacial score (nSPS) is 10.5. The molecule has 2 N–H and O–H groups in total. The van der Waals surface area contributed by atoms with E-state index in [-0.39, 0.29) is 17.6 Å². The van der Waals surface area contributed by atoms with Gasteiger partial charge < -0.3 is 19.8 Å². The summed E-state index contributed by atoms with van der Waals surface area (Å²) in [5.74, 6) is 0.337. The van der Waals surface area contributed by atoms with E-state index >= 15 is 0 Å². The van der Waals surface area contributed by atoms with Crippen LogP contribution >= 0.6 is 11.3 Å². The Kier molecular flexibility index (Phi) is 6.39. The van der Waals surface area contributed by atoms with Gasteiger partial charge in [0.15, 0.2) is 5.76 Å². The average Bonchev–Trinajstić information content (AvgIpc) is 3.52. The molecule has 4 aromatic rings. The summed E-state index contributed by atoms with van der Waals surface area (Å²) in [6, 6.07) is 17.5. The Morgan fingerprint density at radius 3 is 2.65 bits per heavy atom. The number of carbonyl (C=O) groups is 2. The van der Waals surface area contributed by atoms with Crippen molar-refractivity contribution in [2.45, 2.75) is 13.2 Å². The zero-order chi connectivity index (χ0) is 21.5. The fourth-order valence-electron chi connectivity index (χ4n) is 2.78. The van der Waals surface area contributed by atoms with Crippen LogP contribution in [0.2, 0.25) is 0 Å². The van der Waals surface area contributed by atoms with Gasteiger partial charge in [-0.05, 0) is 48.0 Å². The van der Waals surface area contributed by atoms with E-state index in [0.29, 0.717) is 30.2 Å². The Morgan fingerprint density at radius 1 is 1.03 bits per heavy atom. The summed E-state index contributed by atoms with van der Waals surface area (Å²) in [6.45, 7) is 0.715. The van der Waals surface area contributed by atoms with Crippen LogP contribution in [0.1, 0.15) is 32.2 Å². The molecule has 0 spiro atoms. The number of thiazole rings is 1. The molecule has 31 heavy (non-hydrogen) atoms. The Balaban J connectivity index is 1.29. The quantitative estimate of drug-likeness (QED) is 0.427. The second-order valence-electron chi connectivity index (χ2n) is 6.61. The number of rotatable bonds is 8. The molecule has 0 aliphatic heterocycles. The molecule has 4 rings (SSSR count). The lowest BCUT2D eigenvalue weighted by atomic mass is 10.1. The molecule has 156 valence electrons. The molecule has 2 amide bonds. The number of nitrogens with one attached hydrogen (secondary N) is 2. The van der Waals surface area contributed by atoms with E-state index in [1.54, 1.807) is 54.0 Å². The lowest BCUT2D eigenvalue weighted by Crippen LogP contribution is -2.22. The van der Waals surface area contributed by atoms with Crippen LogP contribution < -0.4 is 15.4 Å². The first-order valence-electron chi connectivity index (χ1n) is 9.49. The predicted octanol–water partition coefficient (Wildman–Crippen LogP) is 4.50. The largest absolute Gasteiger partial charge is 0.487 e. The van der Waals surface area contributed by atoms with Crippen molar-refractivity contribution in [1.29, 1.82) is 0 Å². The Labute approximate surface area is 182 Å². The molecule has 0 atom stereocenters. The topological polar surface area (TPSA) is 93.5 Å². The van der Waals surface area contributed by atoms with E-state index in [1.807, 2.05) is 17.5 Å². The van der Waals surface area contributed by atoms with Crippen molar-refractivity contribution in [2.75, 3.05) is 5.32 Å². The second kappa shape index (κ2) is 9.73. The van der Waals surface area contributed by atoms with E-state index in [2.05, 4.69) is 15.6 Å². The molecule has 2 aromatic carbocycles. The van der Waals surface area contributed by atoms with Crippen molar-refractivity contribution in [3.05, 3.63) is 100 Å². The van der Waals surface area contributed by atoms with Gasteiger partial charge in [-0.15, -0.1) is 11.3 Å². The van der Waals surface area contributed by atoms with Gasteiger partial charge in [0.25, 0.3) is 11.8 Å². The van der Waals surface area contributed by atoms with Crippen LogP contribution in [0.5, 0.6) is 5.75 Å². The molecular weight excluding hydrogens is 414 g/mol. The van der Waals surface area contributed by atoms with Crippen LogP contribution in [0.25, 0.3) is 0 Å². The van der Waals surface area contributed by atoms with Gasteiger partial charge in [0.1, 0.15) is 12.4 Å². The van der Waals surface area contributed by atoms with Gasteiger partial charge in [0, 0.05) is 23.2 Å². The number of hydrogen-bond acceptors (Lipinski definition) is 6. The number of nitrogens with zero attached hydrogens (tertiary/aromatic N) is 1. The van der Waals surface area contributed by atoms with Crippen molar-refractivity contribution in [3.8, 4) is 5.75 Å². The van der Waals surface area contributed by atoms with Crippen LogP contribution in [0.4, 0.5) is 5.69 Å². The van der Waals surface area contributed by atoms with Gasteiger partial charge >= 0.3 is 0 Å². The molecule has 0 bridgehead atoms. The number of amides is 2. The number of benzene rings is 2. The van der Waals surface area contributed by atoms with Crippen molar-refractivity contribution < 1.29 is 18.7 Å². The third kappa shape index (κ3) is 5.58. The highest BCUT2D eigenvalue weighted by Gasteiger charge is 2.10. The standard InChI is InChI=1S/C23H19N3O4S/c27-22(17-3-1-4-20(11-17)30-13-19-14-31-15-25-19)24-12-16-6-8-18(9-7-16)26-23(28)21-5-2-10-29-21/h1-11,14-15H,12-13H2,(H,24,27)(H,26,28). The molecule has 0 saturated heterocycles. The molecule has 0 fully saturated rings. The van der Waals surface area contributed by atoms with Gasteiger partial charge in [-0.2, -0.15) is 0 Å². The summed E-state index contributed by atoms with van der Waals surface area (Å²) in [4.78, 5) is 28.7. The predicted molar refractivity (Wildman–Crippen MR) is 117 cm³/mol. The van der Waals surface area contributed by atoms with E-state index in [1.165, 1.54) is 17.6 Å². The number of aromatic nitrogens is 1. The second-order valence-corrected chi connectivity index (χ2v) is 7.33. The zero-order valence-corrected chi connectivity index (χ0v) is 17.2. The third-order valence-electron chi connectivity index (χ3n) is 4.38. The van der Waals surface area contributed by atoms with E-state index in [9.17, 15) is 9.59 Å². The highest BCUT2D eigenvalue weighted by Crippen LogP contribution is 2.16. The van der Waals surface area contributed by atoms with Gasteiger partial charge in [-0.3, -0.25) is 9.59 Å². The fourth-order valence-corrected chi connectivity index (χ4v) is 3.33.